The van der Waals surface area contributed by atoms with Crippen LogP contribution in [0.1, 0.15) is 31.5 Å². The number of carbonyl (C=O) groups is 1. The maximum Gasteiger partial charge on any atom is 0.263 e. The summed E-state index contributed by atoms with van der Waals surface area (Å²) in [6, 6.07) is 6.28. The number of nitrogens with zero attached hydrogens (tertiary/aromatic N) is 5. The first kappa shape index (κ1) is 21.8. The zero-order chi connectivity index (χ0) is 23.3. The second-order valence-electron chi connectivity index (χ2n) is 8.80. The number of aryl methyl sites for hydroxylation is 1. The molecule has 7 nitrogen and oxygen atoms in total. The molecule has 2 aliphatic heterocycles. The van der Waals surface area contributed by atoms with Crippen molar-refractivity contribution in [1.29, 1.82) is 0 Å². The van der Waals surface area contributed by atoms with Crippen LogP contribution in [0.2, 0.25) is 5.02 Å². The highest BCUT2D eigenvalue weighted by molar-refractivity contribution is 6.30. The van der Waals surface area contributed by atoms with Gasteiger partial charge in [0.1, 0.15) is 17.5 Å². The highest BCUT2D eigenvalue weighted by atomic mass is 35.5. The topological polar surface area (TPSA) is 71.3 Å². The number of amides is 1. The minimum Gasteiger partial charge on any atom is -0.354 e. The third kappa shape index (κ3) is 3.86. The van der Waals surface area contributed by atoms with Crippen LogP contribution in [0, 0.1) is 12.7 Å². The van der Waals surface area contributed by atoms with Crippen molar-refractivity contribution >= 4 is 34.2 Å². The molecule has 0 N–H and O–H groups in total. The van der Waals surface area contributed by atoms with Crippen LogP contribution in [-0.2, 0) is 11.8 Å². The molecule has 0 radical (unpaired) electrons. The smallest absolute Gasteiger partial charge is 0.263 e. The van der Waals surface area contributed by atoms with Crippen LogP contribution in [-0.4, -0.2) is 51.0 Å². The Morgan fingerprint density at radius 2 is 1.94 bits per heavy atom. The fraction of sp³-hybridized carbons (Fsp3) is 0.417. The predicted octanol–water partition coefficient (Wildman–Crippen LogP) is 3.69. The molecule has 2 aliphatic rings. The van der Waals surface area contributed by atoms with Crippen molar-refractivity contribution in [3.63, 3.8) is 0 Å². The Bertz CT molecular complexity index is 1320. The third-order valence-electron chi connectivity index (χ3n) is 6.73. The van der Waals surface area contributed by atoms with E-state index in [9.17, 15) is 14.0 Å². The molecule has 2 aromatic heterocycles. The lowest BCUT2D eigenvalue weighted by atomic mass is 10.0. The van der Waals surface area contributed by atoms with Gasteiger partial charge in [0.15, 0.2) is 0 Å². The van der Waals surface area contributed by atoms with Gasteiger partial charge in [-0.05, 0) is 44.4 Å². The lowest BCUT2D eigenvalue weighted by Gasteiger charge is -2.38. The summed E-state index contributed by atoms with van der Waals surface area (Å²) in [5.74, 6) is 0.850. The van der Waals surface area contributed by atoms with E-state index < -0.39 is 5.82 Å². The highest BCUT2D eigenvalue weighted by Gasteiger charge is 2.32. The minimum atomic E-state index is -0.546. The van der Waals surface area contributed by atoms with Gasteiger partial charge in [-0.1, -0.05) is 11.6 Å². The van der Waals surface area contributed by atoms with Crippen molar-refractivity contribution in [1.82, 2.24) is 19.4 Å². The Balaban J connectivity index is 1.65. The average Bonchev–Trinajstić information content (AvgIpc) is 3.23. The van der Waals surface area contributed by atoms with Crippen LogP contribution in [0.15, 0.2) is 29.1 Å². The van der Waals surface area contributed by atoms with Crippen molar-refractivity contribution in [2.75, 3.05) is 24.5 Å². The molecule has 1 unspecified atom stereocenters. The van der Waals surface area contributed by atoms with E-state index in [1.54, 1.807) is 32.2 Å². The molecule has 3 aromatic rings. The van der Waals surface area contributed by atoms with Gasteiger partial charge in [-0.3, -0.25) is 14.2 Å². The number of halogens is 2. The number of pyridine rings is 1. The van der Waals surface area contributed by atoms with Crippen molar-refractivity contribution < 1.29 is 9.18 Å². The molecular formula is C24H25ClFN5O2. The van der Waals surface area contributed by atoms with E-state index in [0.29, 0.717) is 30.1 Å². The maximum atomic E-state index is 14.9. The first-order chi connectivity index (χ1) is 15.8. The van der Waals surface area contributed by atoms with Crippen LogP contribution in [0.3, 0.4) is 0 Å². The number of aromatic nitrogens is 3. The van der Waals surface area contributed by atoms with Gasteiger partial charge in [-0.15, -0.1) is 0 Å². The molecule has 0 spiro atoms. The van der Waals surface area contributed by atoms with Gasteiger partial charge >= 0.3 is 0 Å². The molecule has 4 heterocycles. The summed E-state index contributed by atoms with van der Waals surface area (Å²) >= 11 is 5.96. The number of likely N-dealkylation sites (tertiary alicyclic amines) is 1. The van der Waals surface area contributed by atoms with Crippen LogP contribution < -0.4 is 10.5 Å². The lowest BCUT2D eigenvalue weighted by molar-refractivity contribution is -0.129. The Labute approximate surface area is 195 Å². The number of rotatable bonds is 3. The molecule has 0 saturated carbocycles. The first-order valence-electron chi connectivity index (χ1n) is 11.2. The van der Waals surface area contributed by atoms with Gasteiger partial charge < -0.3 is 9.80 Å². The van der Waals surface area contributed by atoms with Crippen molar-refractivity contribution in [2.24, 2.45) is 7.05 Å². The van der Waals surface area contributed by atoms with E-state index in [4.69, 9.17) is 16.6 Å². The predicted molar refractivity (Wildman–Crippen MR) is 126 cm³/mol. The fourth-order valence-corrected chi connectivity index (χ4v) is 5.05. The van der Waals surface area contributed by atoms with E-state index >= 15 is 0 Å². The highest BCUT2D eigenvalue weighted by Crippen LogP contribution is 2.32. The Morgan fingerprint density at radius 3 is 2.67 bits per heavy atom. The molecule has 1 atom stereocenters. The molecule has 2 saturated heterocycles. The summed E-state index contributed by atoms with van der Waals surface area (Å²) in [7, 11) is 1.64. The largest absolute Gasteiger partial charge is 0.354 e. The summed E-state index contributed by atoms with van der Waals surface area (Å²) in [4.78, 5) is 38.9. The summed E-state index contributed by atoms with van der Waals surface area (Å²) in [6.45, 7) is 3.97. The molecule has 0 aliphatic carbocycles. The number of hydrogen-bond acceptors (Lipinski definition) is 5. The quantitative estimate of drug-likeness (QED) is 0.585. The van der Waals surface area contributed by atoms with Crippen LogP contribution in [0.5, 0.6) is 0 Å². The summed E-state index contributed by atoms with van der Waals surface area (Å²) < 4.78 is 16.4. The van der Waals surface area contributed by atoms with E-state index in [-0.39, 0.29) is 39.2 Å². The van der Waals surface area contributed by atoms with E-state index in [2.05, 4.69) is 9.88 Å². The van der Waals surface area contributed by atoms with E-state index in [0.717, 1.165) is 32.4 Å². The lowest BCUT2D eigenvalue weighted by Crippen LogP contribution is -2.48. The van der Waals surface area contributed by atoms with Crippen molar-refractivity contribution in [3.8, 4) is 11.3 Å². The molecule has 33 heavy (non-hydrogen) atoms. The van der Waals surface area contributed by atoms with Gasteiger partial charge in [-0.25, -0.2) is 14.4 Å². The summed E-state index contributed by atoms with van der Waals surface area (Å²) in [5.41, 5.74) is 0.658. The second-order valence-corrected chi connectivity index (χ2v) is 9.24. The maximum absolute atomic E-state index is 14.9. The molecule has 172 valence electrons. The molecule has 0 bridgehead atoms. The number of carbonyl (C=O) groups excluding carboxylic acids is 1. The van der Waals surface area contributed by atoms with Gasteiger partial charge in [0.25, 0.3) is 5.56 Å². The minimum absolute atomic E-state index is 0.125. The summed E-state index contributed by atoms with van der Waals surface area (Å²) in [6.07, 6.45) is 3.38. The Morgan fingerprint density at radius 1 is 1.12 bits per heavy atom. The fourth-order valence-electron chi connectivity index (χ4n) is 4.89. The summed E-state index contributed by atoms with van der Waals surface area (Å²) in [5, 5.41) is 0.545. The third-order valence-corrected chi connectivity index (χ3v) is 6.96. The van der Waals surface area contributed by atoms with Gasteiger partial charge in [0.05, 0.1) is 16.6 Å². The van der Waals surface area contributed by atoms with Crippen LogP contribution in [0.25, 0.3) is 22.2 Å². The number of benzene rings is 1. The SMILES string of the molecule is Cc1nc2cc(N3CCCC(N4CCCC4=O)C3)nc(-c3ccc(Cl)cc3F)c2c(=O)n1C. The number of hydrogen-bond donors (Lipinski definition) is 0. The van der Waals surface area contributed by atoms with E-state index in [1.165, 1.54) is 10.6 Å². The van der Waals surface area contributed by atoms with Crippen LogP contribution in [0.4, 0.5) is 10.2 Å². The monoisotopic (exact) mass is 469 g/mol. The van der Waals surface area contributed by atoms with Gasteiger partial charge in [-0.2, -0.15) is 0 Å². The van der Waals surface area contributed by atoms with Gasteiger partial charge in [0.2, 0.25) is 5.91 Å². The van der Waals surface area contributed by atoms with E-state index in [1.807, 2.05) is 4.90 Å². The molecule has 5 rings (SSSR count). The molecule has 1 aromatic carbocycles. The normalized spacial score (nSPS) is 19.0. The van der Waals surface area contributed by atoms with Crippen molar-refractivity contribution in [3.05, 3.63) is 51.3 Å². The number of fused-ring (bicyclic) bond motifs is 1. The Hall–Kier alpha value is -3.00. The zero-order valence-electron chi connectivity index (χ0n) is 18.6. The molecule has 9 heteroatoms. The molecule has 2 fully saturated rings. The molecular weight excluding hydrogens is 445 g/mol. The van der Waals surface area contributed by atoms with Crippen LogP contribution >= 0.6 is 11.6 Å². The Kier molecular flexibility index (Phi) is 5.56. The van der Waals surface area contributed by atoms with Crippen molar-refractivity contribution in [2.45, 2.75) is 38.6 Å². The average molecular weight is 470 g/mol. The number of anilines is 1. The number of piperidine rings is 1. The molecule has 1 amide bonds. The first-order valence-corrected chi connectivity index (χ1v) is 11.6. The second kappa shape index (κ2) is 8.41. The van der Waals surface area contributed by atoms with Gasteiger partial charge in [0, 0.05) is 55.8 Å². The zero-order valence-corrected chi connectivity index (χ0v) is 19.4. The standard InChI is InChI=1S/C24H25ClFN5O2/c1-14-27-19-12-20(30-9-3-5-16(13-30)31-10-4-6-21(31)32)28-23(22(19)24(33)29(14)2)17-8-7-15(25)11-18(17)26/h7-8,11-12,16H,3-6,9-10,13H2,1-2H3.